The molecule has 1 aromatic carbocycles. The number of aryl methyl sites for hydroxylation is 1. The van der Waals surface area contributed by atoms with Gasteiger partial charge < -0.3 is 10.0 Å². The van der Waals surface area contributed by atoms with Gasteiger partial charge in [-0.2, -0.15) is 0 Å². The Kier molecular flexibility index (Phi) is 4.65. The van der Waals surface area contributed by atoms with Gasteiger partial charge in [0.05, 0.1) is 6.10 Å². The molecule has 1 N–H and O–H groups in total. The van der Waals surface area contributed by atoms with E-state index in [0.29, 0.717) is 5.92 Å². The maximum Gasteiger partial charge on any atom is 0.0585 e. The fourth-order valence-corrected chi connectivity index (χ4v) is 2.86. The Morgan fingerprint density at radius 1 is 1.17 bits per heavy atom. The van der Waals surface area contributed by atoms with Crippen LogP contribution in [0.4, 0.5) is 5.69 Å². The second-order valence-corrected chi connectivity index (χ2v) is 5.49. The van der Waals surface area contributed by atoms with E-state index in [0.717, 1.165) is 19.5 Å². The zero-order valence-electron chi connectivity index (χ0n) is 11.6. The highest BCUT2D eigenvalue weighted by molar-refractivity contribution is 5.47. The van der Waals surface area contributed by atoms with Gasteiger partial charge in [-0.25, -0.2) is 0 Å². The van der Waals surface area contributed by atoms with Crippen LogP contribution in [0.2, 0.25) is 0 Å². The molecule has 1 aliphatic rings. The molecule has 0 aromatic heterocycles. The highest BCUT2D eigenvalue weighted by atomic mass is 16.3. The van der Waals surface area contributed by atoms with E-state index in [1.807, 2.05) is 0 Å². The van der Waals surface area contributed by atoms with Crippen LogP contribution < -0.4 is 4.90 Å². The summed E-state index contributed by atoms with van der Waals surface area (Å²) in [6.45, 7) is 6.30. The summed E-state index contributed by atoms with van der Waals surface area (Å²) in [6.07, 6.45) is 4.51. The molecule has 0 spiro atoms. The molecule has 0 amide bonds. The lowest BCUT2D eigenvalue weighted by Gasteiger charge is -2.33. The first-order valence-corrected chi connectivity index (χ1v) is 7.20. The summed E-state index contributed by atoms with van der Waals surface area (Å²) in [4.78, 5) is 2.39. The third kappa shape index (κ3) is 3.26. The fourth-order valence-electron chi connectivity index (χ4n) is 2.86. The summed E-state index contributed by atoms with van der Waals surface area (Å²) >= 11 is 0. The molecule has 1 fully saturated rings. The van der Waals surface area contributed by atoms with Crippen molar-refractivity contribution in [1.29, 1.82) is 0 Å². The summed E-state index contributed by atoms with van der Waals surface area (Å²) in [5, 5.41) is 10.1. The van der Waals surface area contributed by atoms with Crippen molar-refractivity contribution in [3.05, 3.63) is 29.8 Å². The van der Waals surface area contributed by atoms with Crippen LogP contribution in [0.5, 0.6) is 0 Å². The molecule has 18 heavy (non-hydrogen) atoms. The molecular weight excluding hydrogens is 222 g/mol. The average Bonchev–Trinajstić information content (AvgIpc) is 2.39. The Morgan fingerprint density at radius 2 is 1.83 bits per heavy atom. The van der Waals surface area contributed by atoms with Crippen molar-refractivity contribution in [2.75, 3.05) is 18.0 Å². The van der Waals surface area contributed by atoms with Gasteiger partial charge in [-0.05, 0) is 38.8 Å². The van der Waals surface area contributed by atoms with E-state index in [9.17, 15) is 5.11 Å². The molecule has 100 valence electrons. The molecule has 2 heteroatoms. The second-order valence-electron chi connectivity index (χ2n) is 5.49. The summed E-state index contributed by atoms with van der Waals surface area (Å²) in [7, 11) is 0. The Labute approximate surface area is 111 Å². The summed E-state index contributed by atoms with van der Waals surface area (Å²) in [5.41, 5.74) is 2.58. The molecule has 2 unspecified atom stereocenters. The van der Waals surface area contributed by atoms with Crippen LogP contribution in [0.15, 0.2) is 24.3 Å². The molecule has 2 atom stereocenters. The van der Waals surface area contributed by atoms with Crippen molar-refractivity contribution in [3.63, 3.8) is 0 Å². The van der Waals surface area contributed by atoms with Crippen LogP contribution in [0, 0.1) is 12.8 Å². The van der Waals surface area contributed by atoms with E-state index in [-0.39, 0.29) is 6.10 Å². The van der Waals surface area contributed by atoms with E-state index in [2.05, 4.69) is 43.0 Å². The molecule has 1 aliphatic carbocycles. The van der Waals surface area contributed by atoms with Crippen LogP contribution in [-0.4, -0.2) is 24.3 Å². The van der Waals surface area contributed by atoms with Gasteiger partial charge in [0.15, 0.2) is 0 Å². The number of nitrogens with zero attached hydrogens (tertiary/aromatic N) is 1. The first-order chi connectivity index (χ1) is 8.70. The maximum atomic E-state index is 10.1. The van der Waals surface area contributed by atoms with Crippen molar-refractivity contribution in [2.24, 2.45) is 5.92 Å². The van der Waals surface area contributed by atoms with Gasteiger partial charge in [-0.3, -0.25) is 0 Å². The molecule has 2 nitrogen and oxygen atoms in total. The van der Waals surface area contributed by atoms with Crippen LogP contribution in [-0.2, 0) is 0 Å². The predicted octanol–water partition coefficient (Wildman–Crippen LogP) is 3.37. The number of rotatable bonds is 4. The average molecular weight is 247 g/mol. The van der Waals surface area contributed by atoms with Gasteiger partial charge in [0.1, 0.15) is 0 Å². The molecule has 1 saturated carbocycles. The van der Waals surface area contributed by atoms with Crippen molar-refractivity contribution in [1.82, 2.24) is 0 Å². The van der Waals surface area contributed by atoms with Gasteiger partial charge in [0.25, 0.3) is 0 Å². The number of anilines is 1. The molecule has 1 aromatic rings. The van der Waals surface area contributed by atoms with Crippen molar-refractivity contribution >= 4 is 5.69 Å². The van der Waals surface area contributed by atoms with E-state index in [1.54, 1.807) is 0 Å². The van der Waals surface area contributed by atoms with E-state index >= 15 is 0 Å². The summed E-state index contributed by atoms with van der Waals surface area (Å²) < 4.78 is 0. The van der Waals surface area contributed by atoms with Gasteiger partial charge >= 0.3 is 0 Å². The maximum absolute atomic E-state index is 10.1. The Morgan fingerprint density at radius 3 is 2.44 bits per heavy atom. The van der Waals surface area contributed by atoms with E-state index in [4.69, 9.17) is 0 Å². The predicted molar refractivity (Wildman–Crippen MR) is 77.0 cm³/mol. The standard InChI is InChI=1S/C16H25NO/c1-3-17(15-10-8-13(2)9-11-15)12-14-6-4-5-7-16(14)18/h8-11,14,16,18H,3-7,12H2,1-2H3. The smallest absolute Gasteiger partial charge is 0.0585 e. The number of hydrogen-bond donors (Lipinski definition) is 1. The quantitative estimate of drug-likeness (QED) is 0.881. The zero-order chi connectivity index (χ0) is 13.0. The Bertz CT molecular complexity index is 360. The summed E-state index contributed by atoms with van der Waals surface area (Å²) in [5.74, 6) is 0.444. The lowest BCUT2D eigenvalue weighted by atomic mass is 9.86. The molecule has 0 bridgehead atoms. The highest BCUT2D eigenvalue weighted by Gasteiger charge is 2.24. The first-order valence-electron chi connectivity index (χ1n) is 7.20. The third-order valence-electron chi connectivity index (χ3n) is 4.10. The Balaban J connectivity index is 2.02. The lowest BCUT2D eigenvalue weighted by molar-refractivity contribution is 0.0732. The molecule has 0 heterocycles. The second kappa shape index (κ2) is 6.24. The number of benzene rings is 1. The minimum absolute atomic E-state index is 0.0988. The highest BCUT2D eigenvalue weighted by Crippen LogP contribution is 2.27. The molecule has 0 aliphatic heterocycles. The molecule has 0 radical (unpaired) electrons. The van der Waals surface area contributed by atoms with Gasteiger partial charge in [0, 0.05) is 24.7 Å². The topological polar surface area (TPSA) is 23.5 Å². The van der Waals surface area contributed by atoms with Crippen LogP contribution in [0.3, 0.4) is 0 Å². The number of aliphatic hydroxyl groups is 1. The van der Waals surface area contributed by atoms with Crippen molar-refractivity contribution in [3.8, 4) is 0 Å². The zero-order valence-corrected chi connectivity index (χ0v) is 11.6. The van der Waals surface area contributed by atoms with E-state index < -0.39 is 0 Å². The normalized spacial score (nSPS) is 23.9. The SMILES string of the molecule is CCN(CC1CCCCC1O)c1ccc(C)cc1. The molecule has 0 saturated heterocycles. The van der Waals surface area contributed by atoms with E-state index in [1.165, 1.54) is 30.5 Å². The van der Waals surface area contributed by atoms with Crippen molar-refractivity contribution < 1.29 is 5.11 Å². The summed E-state index contributed by atoms with van der Waals surface area (Å²) in [6, 6.07) is 8.70. The third-order valence-corrected chi connectivity index (χ3v) is 4.10. The molecule has 2 rings (SSSR count). The minimum atomic E-state index is -0.0988. The molecular formula is C16H25NO. The van der Waals surface area contributed by atoms with Crippen LogP contribution in [0.1, 0.15) is 38.2 Å². The van der Waals surface area contributed by atoms with Gasteiger partial charge in [-0.1, -0.05) is 30.5 Å². The van der Waals surface area contributed by atoms with Crippen LogP contribution >= 0.6 is 0 Å². The first kappa shape index (κ1) is 13.4. The monoisotopic (exact) mass is 247 g/mol. The van der Waals surface area contributed by atoms with Gasteiger partial charge in [-0.15, -0.1) is 0 Å². The van der Waals surface area contributed by atoms with Crippen molar-refractivity contribution in [2.45, 2.75) is 45.6 Å². The van der Waals surface area contributed by atoms with Gasteiger partial charge in [0.2, 0.25) is 0 Å². The fraction of sp³-hybridized carbons (Fsp3) is 0.625. The lowest BCUT2D eigenvalue weighted by Crippen LogP contribution is -2.37. The Hall–Kier alpha value is -1.02. The number of aliphatic hydroxyl groups excluding tert-OH is 1. The minimum Gasteiger partial charge on any atom is -0.393 e. The largest absolute Gasteiger partial charge is 0.393 e. The van der Waals surface area contributed by atoms with Crippen LogP contribution in [0.25, 0.3) is 0 Å². The number of hydrogen-bond acceptors (Lipinski definition) is 2.